The van der Waals surface area contributed by atoms with Crippen LogP contribution < -0.4 is 10.1 Å². The number of ether oxygens (including phenoxy) is 1. The van der Waals surface area contributed by atoms with Crippen LogP contribution in [0.15, 0.2) is 23.1 Å². The van der Waals surface area contributed by atoms with Gasteiger partial charge in [-0.05, 0) is 50.7 Å². The fraction of sp³-hybridized carbons (Fsp3) is 0.556. The van der Waals surface area contributed by atoms with Gasteiger partial charge in [0.2, 0.25) is 10.0 Å². The Bertz CT molecular complexity index is 944. The monoisotopic (exact) mass is 422 g/mol. The third kappa shape index (κ3) is 4.49. The summed E-state index contributed by atoms with van der Waals surface area (Å²) in [6, 6.07) is 5.50. The van der Waals surface area contributed by atoms with Gasteiger partial charge in [-0.2, -0.15) is 9.57 Å². The molecule has 2 fully saturated rings. The maximum atomic E-state index is 12.6. The second kappa shape index (κ2) is 8.34. The number of nitriles is 1. The lowest BCUT2D eigenvalue weighted by atomic mass is 10.00. The Kier molecular flexibility index (Phi) is 6.04. The van der Waals surface area contributed by atoms with Crippen molar-refractivity contribution in [2.24, 2.45) is 0 Å². The van der Waals surface area contributed by atoms with Gasteiger partial charge in [-0.15, -0.1) is 0 Å². The van der Waals surface area contributed by atoms with Gasteiger partial charge in [0.1, 0.15) is 5.54 Å². The molecule has 1 heterocycles. The lowest BCUT2D eigenvalue weighted by Crippen LogP contribution is -2.47. The van der Waals surface area contributed by atoms with Crippen molar-refractivity contribution in [1.82, 2.24) is 9.62 Å². The minimum absolute atomic E-state index is 0.183. The number of rotatable bonds is 7. The quantitative estimate of drug-likeness (QED) is 0.520. The van der Waals surface area contributed by atoms with Crippen molar-refractivity contribution in [2.45, 2.75) is 49.0 Å². The van der Waals surface area contributed by atoms with E-state index in [1.54, 1.807) is 0 Å². The Morgan fingerprint density at radius 2 is 1.93 bits per heavy atom. The van der Waals surface area contributed by atoms with E-state index in [0.717, 1.165) is 31.7 Å². The molecule has 1 N–H and O–H groups in total. The number of carbonyl (C=O) groups excluding carboxylic acids is 1. The summed E-state index contributed by atoms with van der Waals surface area (Å²) in [5, 5.41) is 23.4. The molecule has 0 spiro atoms. The van der Waals surface area contributed by atoms with Crippen LogP contribution in [0.5, 0.6) is 5.75 Å². The van der Waals surface area contributed by atoms with E-state index >= 15 is 0 Å². The maximum absolute atomic E-state index is 12.6. The zero-order chi connectivity index (χ0) is 21.1. The lowest BCUT2D eigenvalue weighted by molar-refractivity contribution is -0.386. The molecular weight excluding hydrogens is 400 g/mol. The number of nitro groups is 1. The molecule has 29 heavy (non-hydrogen) atoms. The first-order valence-corrected chi connectivity index (χ1v) is 10.9. The molecule has 1 aliphatic carbocycles. The van der Waals surface area contributed by atoms with Crippen molar-refractivity contribution in [3.05, 3.63) is 28.3 Å². The molecule has 1 aromatic rings. The predicted octanol–water partition coefficient (Wildman–Crippen LogP) is 1.71. The van der Waals surface area contributed by atoms with Crippen LogP contribution in [0.1, 0.15) is 38.5 Å². The highest BCUT2D eigenvalue weighted by Gasteiger charge is 2.35. The van der Waals surface area contributed by atoms with Crippen LogP contribution in [0.2, 0.25) is 0 Å². The number of benzene rings is 1. The van der Waals surface area contributed by atoms with E-state index in [-0.39, 0.29) is 10.6 Å². The highest BCUT2D eigenvalue weighted by molar-refractivity contribution is 7.89. The number of hydrogen-bond acceptors (Lipinski definition) is 7. The van der Waals surface area contributed by atoms with Crippen LogP contribution in [0.3, 0.4) is 0 Å². The topological polar surface area (TPSA) is 143 Å². The van der Waals surface area contributed by atoms with E-state index in [0.29, 0.717) is 25.9 Å². The summed E-state index contributed by atoms with van der Waals surface area (Å²) in [4.78, 5) is 22.6. The highest BCUT2D eigenvalue weighted by Crippen LogP contribution is 2.32. The molecule has 10 nitrogen and oxygen atoms in total. The summed E-state index contributed by atoms with van der Waals surface area (Å²) >= 11 is 0. The average molecular weight is 422 g/mol. The van der Waals surface area contributed by atoms with Gasteiger partial charge in [0.15, 0.2) is 12.4 Å². The molecule has 0 bridgehead atoms. The molecular formula is C18H22N4O6S. The maximum Gasteiger partial charge on any atom is 0.312 e. The van der Waals surface area contributed by atoms with E-state index in [9.17, 15) is 28.6 Å². The van der Waals surface area contributed by atoms with E-state index in [1.807, 2.05) is 0 Å². The highest BCUT2D eigenvalue weighted by atomic mass is 32.2. The minimum Gasteiger partial charge on any atom is -0.477 e. The Labute approximate surface area is 168 Å². The Balaban J connectivity index is 1.73. The van der Waals surface area contributed by atoms with Gasteiger partial charge in [0.25, 0.3) is 5.91 Å². The Morgan fingerprint density at radius 1 is 1.28 bits per heavy atom. The zero-order valence-corrected chi connectivity index (χ0v) is 16.6. The Hall–Kier alpha value is -2.71. The summed E-state index contributed by atoms with van der Waals surface area (Å²) in [6.45, 7) is 0.257. The first kappa shape index (κ1) is 21.0. The van der Waals surface area contributed by atoms with Crippen LogP contribution in [-0.4, -0.2) is 48.8 Å². The summed E-state index contributed by atoms with van der Waals surface area (Å²) < 4.78 is 31.8. The van der Waals surface area contributed by atoms with Gasteiger partial charge in [-0.25, -0.2) is 8.42 Å². The number of carbonyl (C=O) groups is 1. The van der Waals surface area contributed by atoms with Gasteiger partial charge in [0.05, 0.1) is 15.9 Å². The molecule has 1 aliphatic heterocycles. The van der Waals surface area contributed by atoms with E-state index in [4.69, 9.17) is 4.74 Å². The summed E-state index contributed by atoms with van der Waals surface area (Å²) in [5.74, 6) is -0.764. The van der Waals surface area contributed by atoms with Crippen molar-refractivity contribution < 1.29 is 22.9 Å². The normalized spacial score (nSPS) is 18.9. The van der Waals surface area contributed by atoms with Gasteiger partial charge in [-0.3, -0.25) is 14.9 Å². The number of sulfonamides is 1. The molecule has 1 saturated heterocycles. The second-order valence-electron chi connectivity index (χ2n) is 7.24. The Morgan fingerprint density at radius 3 is 2.52 bits per heavy atom. The van der Waals surface area contributed by atoms with Crippen molar-refractivity contribution in [3.8, 4) is 11.8 Å². The average Bonchev–Trinajstić information content (AvgIpc) is 3.39. The number of nitro benzene ring substituents is 1. The van der Waals surface area contributed by atoms with Crippen molar-refractivity contribution in [3.63, 3.8) is 0 Å². The molecule has 1 saturated carbocycles. The third-order valence-electron chi connectivity index (χ3n) is 5.24. The lowest BCUT2D eigenvalue weighted by Gasteiger charge is -2.22. The molecule has 0 unspecified atom stereocenters. The van der Waals surface area contributed by atoms with Gasteiger partial charge >= 0.3 is 5.69 Å². The fourth-order valence-electron chi connectivity index (χ4n) is 3.69. The van der Waals surface area contributed by atoms with Crippen molar-refractivity contribution in [2.75, 3.05) is 19.7 Å². The van der Waals surface area contributed by atoms with E-state index in [2.05, 4.69) is 11.4 Å². The number of amides is 1. The largest absolute Gasteiger partial charge is 0.477 e. The van der Waals surface area contributed by atoms with Crippen molar-refractivity contribution >= 4 is 21.6 Å². The summed E-state index contributed by atoms with van der Waals surface area (Å²) in [7, 11) is -3.81. The van der Waals surface area contributed by atoms with Crippen LogP contribution in [0.4, 0.5) is 5.69 Å². The van der Waals surface area contributed by atoms with E-state index in [1.165, 1.54) is 16.4 Å². The minimum atomic E-state index is -3.81. The second-order valence-corrected chi connectivity index (χ2v) is 9.17. The molecule has 1 amide bonds. The predicted molar refractivity (Wildman–Crippen MR) is 102 cm³/mol. The first-order valence-electron chi connectivity index (χ1n) is 9.41. The number of hydrogen-bond donors (Lipinski definition) is 1. The SMILES string of the molecule is N#CC1(NC(=O)COc2ccc(S(=O)(=O)N3CCCC3)cc2[N+](=O)[O-])CCCC1. The number of nitrogens with one attached hydrogen (secondary N) is 1. The first-order chi connectivity index (χ1) is 13.8. The third-order valence-corrected chi connectivity index (χ3v) is 7.13. The molecule has 1 aromatic carbocycles. The van der Waals surface area contributed by atoms with Gasteiger partial charge in [-0.1, -0.05) is 0 Å². The van der Waals surface area contributed by atoms with Crippen LogP contribution in [0.25, 0.3) is 0 Å². The molecule has 3 rings (SSSR count). The standard InChI is InChI=1S/C18H22N4O6S/c19-13-18(7-1-2-8-18)20-17(23)12-28-16-6-5-14(11-15(16)22(24)25)29(26,27)21-9-3-4-10-21/h5-6,11H,1-4,7-10,12H2,(H,20,23). The van der Waals surface area contributed by atoms with Crippen LogP contribution in [0, 0.1) is 21.4 Å². The smallest absolute Gasteiger partial charge is 0.312 e. The fourth-order valence-corrected chi connectivity index (χ4v) is 5.23. The zero-order valence-electron chi connectivity index (χ0n) is 15.8. The summed E-state index contributed by atoms with van der Waals surface area (Å²) in [6.07, 6.45) is 4.29. The summed E-state index contributed by atoms with van der Waals surface area (Å²) in [5.41, 5.74) is -1.45. The molecule has 2 aliphatic rings. The van der Waals surface area contributed by atoms with Gasteiger partial charge < -0.3 is 10.1 Å². The molecule has 0 radical (unpaired) electrons. The van der Waals surface area contributed by atoms with E-state index < -0.39 is 38.7 Å². The van der Waals surface area contributed by atoms with Gasteiger partial charge in [0, 0.05) is 19.2 Å². The van der Waals surface area contributed by atoms with Crippen LogP contribution >= 0.6 is 0 Å². The molecule has 0 atom stereocenters. The molecule has 156 valence electrons. The molecule has 11 heteroatoms. The molecule has 0 aromatic heterocycles. The number of nitrogens with zero attached hydrogens (tertiary/aromatic N) is 3. The van der Waals surface area contributed by atoms with Crippen LogP contribution in [-0.2, 0) is 14.8 Å². The van der Waals surface area contributed by atoms with Crippen molar-refractivity contribution in [1.29, 1.82) is 5.26 Å².